The van der Waals surface area contributed by atoms with Crippen molar-refractivity contribution < 1.29 is 19.1 Å². The molecular formula is C14H17NO4. The molecule has 0 saturated carbocycles. The summed E-state index contributed by atoms with van der Waals surface area (Å²) in [7, 11) is 0. The standard InChI is InChI=1S/C14H17NO4/c1-2-18-11-3-5-12(6-4-11)19-10-9-15-13(16)7-8-14(15)17/h3-6H,2,7-10H2,1H3. The Morgan fingerprint density at radius 3 is 2.05 bits per heavy atom. The molecule has 0 spiro atoms. The van der Waals surface area contributed by atoms with Gasteiger partial charge < -0.3 is 9.47 Å². The van der Waals surface area contributed by atoms with Crippen LogP contribution in [0.3, 0.4) is 0 Å². The van der Waals surface area contributed by atoms with Crippen molar-refractivity contribution in [2.24, 2.45) is 0 Å². The van der Waals surface area contributed by atoms with E-state index >= 15 is 0 Å². The smallest absolute Gasteiger partial charge is 0.229 e. The molecular weight excluding hydrogens is 246 g/mol. The molecule has 0 atom stereocenters. The van der Waals surface area contributed by atoms with E-state index in [1.54, 1.807) is 12.1 Å². The Kier molecular flexibility index (Phi) is 4.39. The number of ether oxygens (including phenoxy) is 2. The zero-order valence-electron chi connectivity index (χ0n) is 10.9. The Labute approximate surface area is 112 Å². The summed E-state index contributed by atoms with van der Waals surface area (Å²) < 4.78 is 10.8. The normalized spacial score (nSPS) is 14.9. The van der Waals surface area contributed by atoms with Crippen molar-refractivity contribution in [2.75, 3.05) is 19.8 Å². The van der Waals surface area contributed by atoms with Crippen LogP contribution in [0.2, 0.25) is 0 Å². The average Bonchev–Trinajstić information content (AvgIpc) is 2.73. The van der Waals surface area contributed by atoms with E-state index in [1.165, 1.54) is 4.90 Å². The molecule has 0 aliphatic carbocycles. The van der Waals surface area contributed by atoms with Crippen molar-refractivity contribution in [1.82, 2.24) is 4.90 Å². The fraction of sp³-hybridized carbons (Fsp3) is 0.429. The van der Waals surface area contributed by atoms with Crippen LogP contribution in [0, 0.1) is 0 Å². The molecule has 2 rings (SSSR count). The van der Waals surface area contributed by atoms with Crippen LogP contribution in [0.5, 0.6) is 11.5 Å². The third kappa shape index (κ3) is 3.47. The fourth-order valence-corrected chi connectivity index (χ4v) is 1.93. The molecule has 0 radical (unpaired) electrons. The topological polar surface area (TPSA) is 55.8 Å². The Balaban J connectivity index is 1.79. The molecule has 5 heteroatoms. The summed E-state index contributed by atoms with van der Waals surface area (Å²) in [6, 6.07) is 7.26. The second-order valence-corrected chi connectivity index (χ2v) is 4.19. The van der Waals surface area contributed by atoms with Crippen LogP contribution in [0.15, 0.2) is 24.3 Å². The van der Waals surface area contributed by atoms with E-state index in [4.69, 9.17) is 9.47 Å². The van der Waals surface area contributed by atoms with Gasteiger partial charge in [-0.1, -0.05) is 0 Å². The summed E-state index contributed by atoms with van der Waals surface area (Å²) in [5, 5.41) is 0. The summed E-state index contributed by atoms with van der Waals surface area (Å²) in [5.41, 5.74) is 0. The zero-order valence-corrected chi connectivity index (χ0v) is 10.9. The molecule has 1 heterocycles. The molecule has 1 fully saturated rings. The van der Waals surface area contributed by atoms with E-state index < -0.39 is 0 Å². The van der Waals surface area contributed by atoms with Gasteiger partial charge in [0.15, 0.2) is 0 Å². The van der Waals surface area contributed by atoms with E-state index in [0.29, 0.717) is 38.3 Å². The first-order valence-corrected chi connectivity index (χ1v) is 6.39. The molecule has 1 saturated heterocycles. The van der Waals surface area contributed by atoms with Crippen LogP contribution >= 0.6 is 0 Å². The van der Waals surface area contributed by atoms with Gasteiger partial charge in [0.2, 0.25) is 11.8 Å². The maximum Gasteiger partial charge on any atom is 0.229 e. The average molecular weight is 263 g/mol. The van der Waals surface area contributed by atoms with Crippen molar-refractivity contribution >= 4 is 11.8 Å². The molecule has 1 aliphatic rings. The van der Waals surface area contributed by atoms with Gasteiger partial charge >= 0.3 is 0 Å². The third-order valence-corrected chi connectivity index (χ3v) is 2.87. The number of nitrogens with zero attached hydrogens (tertiary/aromatic N) is 1. The van der Waals surface area contributed by atoms with Gasteiger partial charge in [-0.2, -0.15) is 0 Å². The maximum absolute atomic E-state index is 11.4. The van der Waals surface area contributed by atoms with Crippen molar-refractivity contribution in [3.63, 3.8) is 0 Å². The van der Waals surface area contributed by atoms with Crippen molar-refractivity contribution in [3.8, 4) is 11.5 Å². The van der Waals surface area contributed by atoms with Crippen LogP contribution < -0.4 is 9.47 Å². The molecule has 102 valence electrons. The van der Waals surface area contributed by atoms with Gasteiger partial charge in [0.1, 0.15) is 18.1 Å². The lowest BCUT2D eigenvalue weighted by Crippen LogP contribution is -2.33. The van der Waals surface area contributed by atoms with Crippen molar-refractivity contribution in [1.29, 1.82) is 0 Å². The summed E-state index contributed by atoms with van der Waals surface area (Å²) in [5.74, 6) is 1.27. The third-order valence-electron chi connectivity index (χ3n) is 2.87. The lowest BCUT2D eigenvalue weighted by Gasteiger charge is -2.14. The van der Waals surface area contributed by atoms with Crippen LogP contribution in [-0.4, -0.2) is 36.5 Å². The largest absolute Gasteiger partial charge is 0.494 e. The second kappa shape index (κ2) is 6.22. The molecule has 2 amide bonds. The SMILES string of the molecule is CCOc1ccc(OCCN2C(=O)CCC2=O)cc1. The van der Waals surface area contributed by atoms with E-state index in [-0.39, 0.29) is 11.8 Å². The Morgan fingerprint density at radius 1 is 1.00 bits per heavy atom. The van der Waals surface area contributed by atoms with Gasteiger partial charge in [0.05, 0.1) is 13.2 Å². The first-order chi connectivity index (χ1) is 9.20. The predicted octanol–water partition coefficient (Wildman–Crippen LogP) is 1.61. The number of hydrogen-bond acceptors (Lipinski definition) is 4. The highest BCUT2D eigenvalue weighted by Gasteiger charge is 2.28. The molecule has 0 aromatic heterocycles. The predicted molar refractivity (Wildman–Crippen MR) is 69.1 cm³/mol. The summed E-state index contributed by atoms with van der Waals surface area (Å²) in [4.78, 5) is 24.0. The highest BCUT2D eigenvalue weighted by molar-refractivity contribution is 6.01. The fourth-order valence-electron chi connectivity index (χ4n) is 1.93. The minimum atomic E-state index is -0.111. The number of benzene rings is 1. The summed E-state index contributed by atoms with van der Waals surface area (Å²) in [6.45, 7) is 3.17. The van der Waals surface area contributed by atoms with E-state index in [1.807, 2.05) is 19.1 Å². The lowest BCUT2D eigenvalue weighted by atomic mass is 10.3. The van der Waals surface area contributed by atoms with Gasteiger partial charge in [-0.3, -0.25) is 14.5 Å². The van der Waals surface area contributed by atoms with Crippen molar-refractivity contribution in [2.45, 2.75) is 19.8 Å². The highest BCUT2D eigenvalue weighted by atomic mass is 16.5. The molecule has 19 heavy (non-hydrogen) atoms. The summed E-state index contributed by atoms with van der Waals surface area (Å²) >= 11 is 0. The van der Waals surface area contributed by atoms with Gasteiger partial charge in [-0.05, 0) is 31.2 Å². The Morgan fingerprint density at radius 2 is 1.53 bits per heavy atom. The minimum absolute atomic E-state index is 0.111. The number of imide groups is 1. The molecule has 1 aliphatic heterocycles. The van der Waals surface area contributed by atoms with Crippen LogP contribution in [0.4, 0.5) is 0 Å². The monoisotopic (exact) mass is 263 g/mol. The Bertz CT molecular complexity index is 439. The van der Waals surface area contributed by atoms with E-state index in [2.05, 4.69) is 0 Å². The van der Waals surface area contributed by atoms with Crippen LogP contribution in [-0.2, 0) is 9.59 Å². The number of carbonyl (C=O) groups is 2. The molecule has 0 unspecified atom stereocenters. The minimum Gasteiger partial charge on any atom is -0.494 e. The van der Waals surface area contributed by atoms with Gasteiger partial charge in [0, 0.05) is 12.8 Å². The Hall–Kier alpha value is -2.04. The molecule has 1 aromatic rings. The first-order valence-electron chi connectivity index (χ1n) is 6.39. The number of hydrogen-bond donors (Lipinski definition) is 0. The van der Waals surface area contributed by atoms with Gasteiger partial charge in [-0.15, -0.1) is 0 Å². The maximum atomic E-state index is 11.4. The van der Waals surface area contributed by atoms with Crippen LogP contribution in [0.1, 0.15) is 19.8 Å². The number of likely N-dealkylation sites (tertiary alicyclic amines) is 1. The van der Waals surface area contributed by atoms with Gasteiger partial charge in [-0.25, -0.2) is 0 Å². The van der Waals surface area contributed by atoms with Crippen LogP contribution in [0.25, 0.3) is 0 Å². The highest BCUT2D eigenvalue weighted by Crippen LogP contribution is 2.18. The molecule has 0 N–H and O–H groups in total. The number of amides is 2. The second-order valence-electron chi connectivity index (χ2n) is 4.19. The van der Waals surface area contributed by atoms with Gasteiger partial charge in [0.25, 0.3) is 0 Å². The number of carbonyl (C=O) groups excluding carboxylic acids is 2. The quantitative estimate of drug-likeness (QED) is 0.732. The van der Waals surface area contributed by atoms with E-state index in [9.17, 15) is 9.59 Å². The lowest BCUT2D eigenvalue weighted by molar-refractivity contribution is -0.138. The van der Waals surface area contributed by atoms with Crippen molar-refractivity contribution in [3.05, 3.63) is 24.3 Å². The van der Waals surface area contributed by atoms with E-state index in [0.717, 1.165) is 5.75 Å². The molecule has 1 aromatic carbocycles. The first kappa shape index (κ1) is 13.4. The summed E-state index contributed by atoms with van der Waals surface area (Å²) in [6.07, 6.45) is 0.643. The molecule has 5 nitrogen and oxygen atoms in total. The number of rotatable bonds is 6. The zero-order chi connectivity index (χ0) is 13.7. The molecule has 0 bridgehead atoms.